The zero-order chi connectivity index (χ0) is 18.0. The highest BCUT2D eigenvalue weighted by molar-refractivity contribution is 6.13. The van der Waals surface area contributed by atoms with E-state index in [-0.39, 0.29) is 28.9 Å². The topological polar surface area (TPSA) is 60.7 Å². The van der Waals surface area contributed by atoms with Crippen LogP contribution < -0.4 is 0 Å². The molecule has 0 bridgehead atoms. The number of aromatic nitrogens is 2. The maximum Gasteiger partial charge on any atom is 0.340 e. The van der Waals surface area contributed by atoms with Crippen molar-refractivity contribution in [2.75, 3.05) is 6.61 Å². The van der Waals surface area contributed by atoms with Gasteiger partial charge in [-0.3, -0.25) is 4.79 Å². The summed E-state index contributed by atoms with van der Waals surface area (Å²) in [6, 6.07) is 11.0. The lowest BCUT2D eigenvalue weighted by Crippen LogP contribution is -2.11. The summed E-state index contributed by atoms with van der Waals surface area (Å²) in [7, 11) is 0. The predicted octanol–water partition coefficient (Wildman–Crippen LogP) is 3.68. The summed E-state index contributed by atoms with van der Waals surface area (Å²) >= 11 is 0. The molecule has 0 radical (unpaired) electrons. The van der Waals surface area contributed by atoms with Gasteiger partial charge in [-0.25, -0.2) is 18.1 Å². The SMILES string of the molecule is CCOC(=O)c1c(C(F)F)c(C(=O)c2ccccc2)n2ncccc12. The number of fused-ring (bicyclic) bond motifs is 1. The molecule has 0 spiro atoms. The van der Waals surface area contributed by atoms with Crippen LogP contribution in [-0.4, -0.2) is 28.0 Å². The summed E-state index contributed by atoms with van der Waals surface area (Å²) < 4.78 is 33.6. The minimum Gasteiger partial charge on any atom is -0.462 e. The van der Waals surface area contributed by atoms with Gasteiger partial charge in [0, 0.05) is 11.8 Å². The standard InChI is InChI=1S/C18H14F2N2O3/c1-2-25-18(24)13-12-9-6-10-21-22(12)15(14(13)17(19)20)16(23)11-7-4-3-5-8-11/h3-10,17H,2H2,1H3. The number of benzene rings is 1. The molecule has 0 amide bonds. The van der Waals surface area contributed by atoms with Gasteiger partial charge in [0.15, 0.2) is 0 Å². The normalized spacial score (nSPS) is 11.0. The average molecular weight is 344 g/mol. The maximum atomic E-state index is 13.8. The van der Waals surface area contributed by atoms with Crippen molar-refractivity contribution in [3.8, 4) is 0 Å². The Labute approximate surface area is 141 Å². The van der Waals surface area contributed by atoms with E-state index in [1.807, 2.05) is 0 Å². The van der Waals surface area contributed by atoms with E-state index in [2.05, 4.69) is 5.10 Å². The van der Waals surface area contributed by atoms with Crippen LogP contribution in [0.4, 0.5) is 8.78 Å². The van der Waals surface area contributed by atoms with Gasteiger partial charge in [-0.15, -0.1) is 0 Å². The van der Waals surface area contributed by atoms with Gasteiger partial charge in [-0.2, -0.15) is 5.10 Å². The minimum atomic E-state index is -3.04. The second kappa shape index (κ2) is 6.80. The van der Waals surface area contributed by atoms with E-state index in [0.29, 0.717) is 0 Å². The van der Waals surface area contributed by atoms with Crippen molar-refractivity contribution < 1.29 is 23.1 Å². The van der Waals surface area contributed by atoms with Gasteiger partial charge < -0.3 is 4.74 Å². The van der Waals surface area contributed by atoms with E-state index in [9.17, 15) is 18.4 Å². The quantitative estimate of drug-likeness (QED) is 0.523. The molecule has 3 rings (SSSR count). The van der Waals surface area contributed by atoms with E-state index >= 15 is 0 Å². The Bertz CT molecular complexity index is 936. The van der Waals surface area contributed by atoms with Gasteiger partial charge in [-0.05, 0) is 19.1 Å². The van der Waals surface area contributed by atoms with Crippen LogP contribution >= 0.6 is 0 Å². The first-order valence-corrected chi connectivity index (χ1v) is 7.60. The molecule has 0 fully saturated rings. The lowest BCUT2D eigenvalue weighted by Gasteiger charge is -2.06. The number of alkyl halides is 2. The Morgan fingerprint density at radius 2 is 1.88 bits per heavy atom. The molecule has 0 saturated heterocycles. The number of ketones is 1. The molecule has 0 aliphatic carbocycles. The number of carbonyl (C=O) groups excluding carboxylic acids is 2. The number of hydrogen-bond acceptors (Lipinski definition) is 4. The Morgan fingerprint density at radius 1 is 1.16 bits per heavy atom. The third-order valence-corrected chi connectivity index (χ3v) is 3.69. The molecular weight excluding hydrogens is 330 g/mol. The van der Waals surface area contributed by atoms with Crippen LogP contribution in [-0.2, 0) is 4.74 Å². The van der Waals surface area contributed by atoms with Crippen LogP contribution in [0, 0.1) is 0 Å². The van der Waals surface area contributed by atoms with E-state index in [1.54, 1.807) is 25.1 Å². The van der Waals surface area contributed by atoms with Crippen molar-refractivity contribution in [2.24, 2.45) is 0 Å². The predicted molar refractivity (Wildman–Crippen MR) is 86.0 cm³/mol. The van der Waals surface area contributed by atoms with Crippen LogP contribution in [0.15, 0.2) is 48.7 Å². The number of ether oxygens (including phenoxy) is 1. The van der Waals surface area contributed by atoms with Crippen molar-refractivity contribution in [3.05, 3.63) is 71.0 Å². The molecular formula is C18H14F2N2O3. The molecule has 0 aliphatic heterocycles. The van der Waals surface area contributed by atoms with Crippen molar-refractivity contribution in [1.82, 2.24) is 9.61 Å². The van der Waals surface area contributed by atoms with Crippen LogP contribution in [0.5, 0.6) is 0 Å². The Morgan fingerprint density at radius 3 is 2.52 bits per heavy atom. The van der Waals surface area contributed by atoms with E-state index in [1.165, 1.54) is 30.5 Å². The molecule has 3 aromatic rings. The van der Waals surface area contributed by atoms with Crippen molar-refractivity contribution in [2.45, 2.75) is 13.3 Å². The van der Waals surface area contributed by atoms with Gasteiger partial charge in [0.2, 0.25) is 5.78 Å². The lowest BCUT2D eigenvalue weighted by atomic mass is 10.0. The zero-order valence-corrected chi connectivity index (χ0v) is 13.3. The molecule has 128 valence electrons. The van der Waals surface area contributed by atoms with Crippen LogP contribution in [0.1, 0.15) is 45.3 Å². The molecule has 2 aromatic heterocycles. The van der Waals surface area contributed by atoms with Gasteiger partial charge in [0.25, 0.3) is 6.43 Å². The first-order valence-electron chi connectivity index (χ1n) is 7.60. The summed E-state index contributed by atoms with van der Waals surface area (Å²) in [5, 5.41) is 3.99. The van der Waals surface area contributed by atoms with E-state index in [4.69, 9.17) is 4.74 Å². The van der Waals surface area contributed by atoms with E-state index in [0.717, 1.165) is 4.52 Å². The number of hydrogen-bond donors (Lipinski definition) is 0. The molecule has 7 heteroatoms. The van der Waals surface area contributed by atoms with Crippen LogP contribution in [0.3, 0.4) is 0 Å². The number of rotatable bonds is 5. The van der Waals surface area contributed by atoms with E-state index < -0.39 is 23.7 Å². The Balaban J connectivity index is 2.33. The Kier molecular flexibility index (Phi) is 4.56. The fraction of sp³-hybridized carbons (Fsp3) is 0.167. The van der Waals surface area contributed by atoms with Crippen LogP contribution in [0.2, 0.25) is 0 Å². The van der Waals surface area contributed by atoms with Crippen molar-refractivity contribution in [1.29, 1.82) is 0 Å². The second-order valence-corrected chi connectivity index (χ2v) is 5.17. The lowest BCUT2D eigenvalue weighted by molar-refractivity contribution is 0.0518. The summed E-state index contributed by atoms with van der Waals surface area (Å²) in [5.41, 5.74) is -0.990. The number of halogens is 2. The third kappa shape index (κ3) is 2.88. The van der Waals surface area contributed by atoms with Gasteiger partial charge in [0.05, 0.1) is 23.3 Å². The first kappa shape index (κ1) is 16.8. The van der Waals surface area contributed by atoms with Gasteiger partial charge in [-0.1, -0.05) is 30.3 Å². The maximum absolute atomic E-state index is 13.8. The molecule has 0 unspecified atom stereocenters. The number of esters is 1. The fourth-order valence-corrected chi connectivity index (χ4v) is 2.69. The summed E-state index contributed by atoms with van der Waals surface area (Å²) in [6.07, 6.45) is -1.68. The third-order valence-electron chi connectivity index (χ3n) is 3.69. The highest BCUT2D eigenvalue weighted by atomic mass is 19.3. The summed E-state index contributed by atoms with van der Waals surface area (Å²) in [5.74, 6) is -1.55. The first-order chi connectivity index (χ1) is 12.1. The zero-order valence-electron chi connectivity index (χ0n) is 13.3. The highest BCUT2D eigenvalue weighted by Crippen LogP contribution is 2.33. The minimum absolute atomic E-state index is 0.0288. The van der Waals surface area contributed by atoms with Crippen molar-refractivity contribution in [3.63, 3.8) is 0 Å². The van der Waals surface area contributed by atoms with Gasteiger partial charge >= 0.3 is 5.97 Å². The summed E-state index contributed by atoms with van der Waals surface area (Å²) in [4.78, 5) is 25.1. The smallest absolute Gasteiger partial charge is 0.340 e. The molecule has 5 nitrogen and oxygen atoms in total. The average Bonchev–Trinajstić information content (AvgIpc) is 2.97. The second-order valence-electron chi connectivity index (χ2n) is 5.17. The van der Waals surface area contributed by atoms with Gasteiger partial charge in [0.1, 0.15) is 5.69 Å². The molecule has 25 heavy (non-hydrogen) atoms. The fourth-order valence-electron chi connectivity index (χ4n) is 2.69. The monoisotopic (exact) mass is 344 g/mol. The largest absolute Gasteiger partial charge is 0.462 e. The highest BCUT2D eigenvalue weighted by Gasteiger charge is 2.33. The molecule has 0 saturated carbocycles. The molecule has 1 aromatic carbocycles. The number of carbonyl (C=O) groups is 2. The van der Waals surface area contributed by atoms with Crippen LogP contribution in [0.25, 0.3) is 5.52 Å². The number of nitrogens with zero attached hydrogens (tertiary/aromatic N) is 2. The Hall–Kier alpha value is -3.09. The van der Waals surface area contributed by atoms with Crippen molar-refractivity contribution >= 4 is 17.3 Å². The molecule has 2 heterocycles. The molecule has 0 aliphatic rings. The summed E-state index contributed by atoms with van der Waals surface area (Å²) in [6.45, 7) is 1.60. The molecule has 0 N–H and O–H groups in total. The molecule has 0 atom stereocenters.